The maximum absolute atomic E-state index is 12.8. The number of nitrogens with one attached hydrogen (secondary N) is 2. The van der Waals surface area contributed by atoms with Gasteiger partial charge in [-0.1, -0.05) is 31.9 Å². The van der Waals surface area contributed by atoms with Crippen LogP contribution in [-0.4, -0.2) is 49.3 Å². The molecule has 1 atom stereocenters. The Kier molecular flexibility index (Phi) is 9.26. The van der Waals surface area contributed by atoms with Crippen LogP contribution >= 0.6 is 12.2 Å². The van der Waals surface area contributed by atoms with Gasteiger partial charge in [0.15, 0.2) is 5.11 Å². The molecule has 1 heterocycles. The largest absolute Gasteiger partial charge is 0.460 e. The van der Waals surface area contributed by atoms with E-state index in [0.717, 1.165) is 30.5 Å². The molecular formula is C22H31N3O4S. The van der Waals surface area contributed by atoms with Crippen LogP contribution in [0, 0.1) is 0 Å². The quantitative estimate of drug-likeness (QED) is 0.332. The van der Waals surface area contributed by atoms with Gasteiger partial charge in [0.1, 0.15) is 6.61 Å². The summed E-state index contributed by atoms with van der Waals surface area (Å²) in [5, 5.41) is 6.66. The van der Waals surface area contributed by atoms with Crippen molar-refractivity contribution in [3.8, 4) is 0 Å². The van der Waals surface area contributed by atoms with E-state index in [1.54, 1.807) is 19.1 Å². The van der Waals surface area contributed by atoms with E-state index >= 15 is 0 Å². The van der Waals surface area contributed by atoms with E-state index in [-0.39, 0.29) is 12.5 Å². The Balaban J connectivity index is 2.25. The van der Waals surface area contributed by atoms with Gasteiger partial charge in [-0.05, 0) is 43.3 Å². The highest BCUT2D eigenvalue weighted by Gasteiger charge is 2.33. The molecule has 1 aromatic rings. The molecule has 0 aromatic heterocycles. The normalized spacial score (nSPS) is 16.3. The third-order valence-electron chi connectivity index (χ3n) is 5.01. The van der Waals surface area contributed by atoms with Gasteiger partial charge < -0.3 is 25.0 Å². The predicted octanol–water partition coefficient (Wildman–Crippen LogP) is 3.53. The molecule has 7 nitrogen and oxygen atoms in total. The Bertz CT molecular complexity index is 809. The van der Waals surface area contributed by atoms with Crippen molar-refractivity contribution in [2.45, 2.75) is 45.6 Å². The highest BCUT2D eigenvalue weighted by atomic mass is 32.1. The van der Waals surface area contributed by atoms with Gasteiger partial charge in [-0.15, -0.1) is 0 Å². The average molecular weight is 434 g/mol. The van der Waals surface area contributed by atoms with Crippen molar-refractivity contribution < 1.29 is 19.1 Å². The Hall–Kier alpha value is -2.45. The second kappa shape index (κ2) is 11.7. The van der Waals surface area contributed by atoms with Gasteiger partial charge in [0.05, 0.1) is 18.2 Å². The highest BCUT2D eigenvalue weighted by molar-refractivity contribution is 7.80. The van der Waals surface area contributed by atoms with E-state index in [9.17, 15) is 9.59 Å². The Labute approximate surface area is 183 Å². The van der Waals surface area contributed by atoms with Crippen LogP contribution in [0.1, 0.15) is 51.1 Å². The lowest BCUT2D eigenvalue weighted by atomic mass is 9.95. The van der Waals surface area contributed by atoms with Crippen LogP contribution in [0.25, 0.3) is 0 Å². The number of amides is 1. The van der Waals surface area contributed by atoms with E-state index in [2.05, 4.69) is 17.6 Å². The van der Waals surface area contributed by atoms with Crippen LogP contribution in [0.2, 0.25) is 0 Å². The monoisotopic (exact) mass is 433 g/mol. The minimum Gasteiger partial charge on any atom is -0.460 e. The van der Waals surface area contributed by atoms with Gasteiger partial charge >= 0.3 is 5.97 Å². The molecule has 1 aliphatic rings. The molecule has 0 bridgehead atoms. The number of carbonyl (C=O) groups excluding carboxylic acids is 2. The van der Waals surface area contributed by atoms with Gasteiger partial charge in [-0.2, -0.15) is 0 Å². The first kappa shape index (κ1) is 23.8. The molecule has 0 aliphatic carbocycles. The van der Waals surface area contributed by atoms with Crippen LogP contribution in [0.5, 0.6) is 0 Å². The first-order chi connectivity index (χ1) is 14.4. The summed E-state index contributed by atoms with van der Waals surface area (Å²) in [7, 11) is 3.36. The topological polar surface area (TPSA) is 79.9 Å². The third kappa shape index (κ3) is 6.27. The molecule has 164 valence electrons. The van der Waals surface area contributed by atoms with Crippen molar-refractivity contribution in [3.63, 3.8) is 0 Å². The zero-order valence-corrected chi connectivity index (χ0v) is 18.9. The number of nitrogens with zero attached hydrogens (tertiary/aromatic N) is 1. The first-order valence-corrected chi connectivity index (χ1v) is 10.6. The summed E-state index contributed by atoms with van der Waals surface area (Å²) in [5.41, 5.74) is 2.70. The molecule has 1 unspecified atom stereocenters. The summed E-state index contributed by atoms with van der Waals surface area (Å²) in [4.78, 5) is 26.8. The second-order valence-corrected chi connectivity index (χ2v) is 7.59. The summed E-state index contributed by atoms with van der Waals surface area (Å²) in [6.45, 7) is 4.44. The fraction of sp³-hybridized carbons (Fsp3) is 0.500. The van der Waals surface area contributed by atoms with E-state index in [4.69, 9.17) is 21.7 Å². The van der Waals surface area contributed by atoms with Gasteiger partial charge in [-0.3, -0.25) is 4.79 Å². The molecule has 2 rings (SSSR count). The van der Waals surface area contributed by atoms with Crippen LogP contribution in [0.3, 0.4) is 0 Å². The molecule has 8 heteroatoms. The Morgan fingerprint density at radius 1 is 1.27 bits per heavy atom. The molecule has 1 aliphatic heterocycles. The van der Waals surface area contributed by atoms with Crippen LogP contribution in [0.4, 0.5) is 5.69 Å². The lowest BCUT2D eigenvalue weighted by Crippen LogP contribution is -2.46. The number of benzene rings is 1. The zero-order chi connectivity index (χ0) is 22.1. The summed E-state index contributed by atoms with van der Waals surface area (Å²) in [6.07, 6.45) is 3.46. The minimum absolute atomic E-state index is 0.0154. The molecule has 2 N–H and O–H groups in total. The molecule has 0 fully saturated rings. The van der Waals surface area contributed by atoms with E-state index in [1.807, 2.05) is 31.2 Å². The van der Waals surface area contributed by atoms with Gasteiger partial charge in [-0.25, -0.2) is 4.79 Å². The Morgan fingerprint density at radius 2 is 2.03 bits per heavy atom. The summed E-state index contributed by atoms with van der Waals surface area (Å²) in [6, 6.07) is 6.97. The number of hydrogen-bond acceptors (Lipinski definition) is 5. The fourth-order valence-corrected chi connectivity index (χ4v) is 3.46. The average Bonchev–Trinajstić information content (AvgIpc) is 2.72. The lowest BCUT2D eigenvalue weighted by molar-refractivity contribution is -0.140. The van der Waals surface area contributed by atoms with Gasteiger partial charge in [0.25, 0.3) is 0 Å². The highest BCUT2D eigenvalue weighted by Crippen LogP contribution is 2.32. The predicted molar refractivity (Wildman–Crippen MR) is 121 cm³/mol. The SMILES string of the molecule is CCCCCC(=O)Nc1cccc(C2NC(=S)N(C)C(C)=C2C(=O)OCCOC)c1. The van der Waals surface area contributed by atoms with Crippen LogP contribution in [0.15, 0.2) is 35.5 Å². The van der Waals surface area contributed by atoms with Crippen LogP contribution < -0.4 is 10.6 Å². The van der Waals surface area contributed by atoms with E-state index in [0.29, 0.717) is 29.4 Å². The summed E-state index contributed by atoms with van der Waals surface area (Å²) in [5.74, 6) is -0.441. The van der Waals surface area contributed by atoms with Gasteiger partial charge in [0.2, 0.25) is 5.91 Å². The van der Waals surface area contributed by atoms with Crippen LogP contribution in [-0.2, 0) is 19.1 Å². The third-order valence-corrected chi connectivity index (χ3v) is 5.40. The molecule has 0 saturated heterocycles. The van der Waals surface area contributed by atoms with E-state index < -0.39 is 12.0 Å². The minimum atomic E-state index is -0.472. The number of esters is 1. The summed E-state index contributed by atoms with van der Waals surface area (Å²) < 4.78 is 10.3. The maximum Gasteiger partial charge on any atom is 0.338 e. The van der Waals surface area contributed by atoms with Crippen molar-refractivity contribution in [2.24, 2.45) is 0 Å². The van der Waals surface area contributed by atoms with Crippen molar-refractivity contribution in [2.75, 3.05) is 32.7 Å². The van der Waals surface area contributed by atoms with E-state index in [1.165, 1.54) is 0 Å². The molecule has 30 heavy (non-hydrogen) atoms. The maximum atomic E-state index is 12.8. The lowest BCUT2D eigenvalue weighted by Gasteiger charge is -2.35. The van der Waals surface area contributed by atoms with Crippen molar-refractivity contribution in [1.82, 2.24) is 10.2 Å². The zero-order valence-electron chi connectivity index (χ0n) is 18.1. The number of rotatable bonds is 10. The molecule has 1 amide bonds. The summed E-state index contributed by atoms with van der Waals surface area (Å²) >= 11 is 5.43. The van der Waals surface area contributed by atoms with Crippen molar-refractivity contribution in [1.29, 1.82) is 0 Å². The number of thiocarbonyl (C=S) groups is 1. The number of hydrogen-bond donors (Lipinski definition) is 2. The molecular weight excluding hydrogens is 402 g/mol. The first-order valence-electron chi connectivity index (χ1n) is 10.2. The number of ether oxygens (including phenoxy) is 2. The standard InChI is InChI=1S/C22H31N3O4S/c1-5-6-7-11-18(26)23-17-10-8-9-16(14-17)20-19(21(27)29-13-12-28-4)15(2)25(3)22(30)24-20/h8-10,14,20H,5-7,11-13H2,1-4H3,(H,23,26)(H,24,30). The number of unbranched alkanes of at least 4 members (excludes halogenated alkanes) is 2. The molecule has 1 aromatic carbocycles. The second-order valence-electron chi connectivity index (χ2n) is 7.20. The number of anilines is 1. The molecule has 0 saturated carbocycles. The molecule has 0 spiro atoms. The smallest absolute Gasteiger partial charge is 0.338 e. The Morgan fingerprint density at radius 3 is 2.73 bits per heavy atom. The fourth-order valence-electron chi connectivity index (χ4n) is 3.20. The van der Waals surface area contributed by atoms with Crippen molar-refractivity contribution in [3.05, 3.63) is 41.1 Å². The molecule has 0 radical (unpaired) electrons. The number of methoxy groups -OCH3 is 1. The van der Waals surface area contributed by atoms with Gasteiger partial charge in [0, 0.05) is 32.0 Å². The number of allylic oxidation sites excluding steroid dienone is 1. The van der Waals surface area contributed by atoms with Crippen molar-refractivity contribution >= 4 is 34.9 Å². The number of carbonyl (C=O) groups is 2.